The van der Waals surface area contributed by atoms with E-state index >= 15 is 0 Å². The first kappa shape index (κ1) is 12.2. The Morgan fingerprint density at radius 3 is 2.52 bits per heavy atom. The molecule has 21 heavy (non-hydrogen) atoms. The first-order valence-electron chi connectivity index (χ1n) is 7.09. The van der Waals surface area contributed by atoms with Gasteiger partial charge in [0, 0.05) is 46.3 Å². The lowest BCUT2D eigenvalue weighted by atomic mass is 10.1. The van der Waals surface area contributed by atoms with Crippen LogP contribution < -0.4 is 0 Å². The molecule has 104 valence electrons. The fraction of sp³-hybridized carbons (Fsp3) is 0.111. The molecule has 0 spiro atoms. The summed E-state index contributed by atoms with van der Waals surface area (Å²) in [6.07, 6.45) is 4.12. The van der Waals surface area contributed by atoms with Crippen LogP contribution in [0.4, 0.5) is 0 Å². The van der Waals surface area contributed by atoms with Gasteiger partial charge in [-0.05, 0) is 17.7 Å². The van der Waals surface area contributed by atoms with Crippen molar-refractivity contribution in [1.82, 2.24) is 9.55 Å². The van der Waals surface area contributed by atoms with Crippen LogP contribution in [0.3, 0.4) is 0 Å². The van der Waals surface area contributed by atoms with Crippen molar-refractivity contribution in [2.45, 2.75) is 13.2 Å². The van der Waals surface area contributed by atoms with Gasteiger partial charge in [-0.1, -0.05) is 36.4 Å². The van der Waals surface area contributed by atoms with E-state index in [1.807, 2.05) is 24.4 Å². The van der Waals surface area contributed by atoms with Gasteiger partial charge in [0.15, 0.2) is 0 Å². The number of para-hydroxylation sites is 2. The third kappa shape index (κ3) is 1.94. The van der Waals surface area contributed by atoms with E-state index in [-0.39, 0.29) is 6.61 Å². The van der Waals surface area contributed by atoms with E-state index in [0.29, 0.717) is 0 Å². The molecular formula is C18H16N2O. The predicted octanol–water partition coefficient (Wildman–Crippen LogP) is 3.66. The summed E-state index contributed by atoms with van der Waals surface area (Å²) in [4.78, 5) is 3.31. The lowest BCUT2D eigenvalue weighted by molar-refractivity contribution is 0.283. The molecule has 0 aliphatic rings. The van der Waals surface area contributed by atoms with Gasteiger partial charge in [0.2, 0.25) is 0 Å². The molecule has 3 nitrogen and oxygen atoms in total. The molecule has 0 unspecified atom stereocenters. The molecule has 4 aromatic rings. The molecule has 4 rings (SSSR count). The van der Waals surface area contributed by atoms with Gasteiger partial charge in [-0.25, -0.2) is 0 Å². The number of nitrogens with zero attached hydrogens (tertiary/aromatic N) is 1. The second-order valence-electron chi connectivity index (χ2n) is 5.32. The first-order chi connectivity index (χ1) is 10.4. The Labute approximate surface area is 122 Å². The Morgan fingerprint density at radius 1 is 0.905 bits per heavy atom. The smallest absolute Gasteiger partial charge is 0.0702 e. The maximum Gasteiger partial charge on any atom is 0.0702 e. The number of fused-ring (bicyclic) bond motifs is 2. The monoisotopic (exact) mass is 276 g/mol. The highest BCUT2D eigenvalue weighted by Crippen LogP contribution is 2.24. The number of H-pyrrole nitrogens is 1. The van der Waals surface area contributed by atoms with Crippen molar-refractivity contribution in [3.8, 4) is 0 Å². The van der Waals surface area contributed by atoms with Crippen LogP contribution in [0, 0.1) is 0 Å². The number of benzene rings is 2. The van der Waals surface area contributed by atoms with Gasteiger partial charge in [-0.2, -0.15) is 0 Å². The Balaban J connectivity index is 1.84. The highest BCUT2D eigenvalue weighted by molar-refractivity contribution is 5.85. The standard InChI is InChI=1S/C18H16N2O/c21-12-14-11-20(18-8-4-2-6-16(14)18)10-13-9-19-17-7-3-1-5-15(13)17/h1-9,11,19,21H,10,12H2. The molecule has 0 aliphatic carbocycles. The summed E-state index contributed by atoms with van der Waals surface area (Å²) < 4.78 is 2.20. The molecule has 2 aromatic heterocycles. The van der Waals surface area contributed by atoms with Crippen LogP contribution in [-0.4, -0.2) is 14.7 Å². The summed E-state index contributed by atoms with van der Waals surface area (Å²) in [6.45, 7) is 0.867. The van der Waals surface area contributed by atoms with Crippen molar-refractivity contribution in [2.24, 2.45) is 0 Å². The number of nitrogens with one attached hydrogen (secondary N) is 1. The normalized spacial score (nSPS) is 11.5. The number of aromatic amines is 1. The van der Waals surface area contributed by atoms with Gasteiger partial charge in [0.25, 0.3) is 0 Å². The van der Waals surface area contributed by atoms with Crippen LogP contribution in [0.15, 0.2) is 60.9 Å². The van der Waals surface area contributed by atoms with Gasteiger partial charge < -0.3 is 14.7 Å². The van der Waals surface area contributed by atoms with Crippen LogP contribution in [0.1, 0.15) is 11.1 Å². The molecule has 0 radical (unpaired) electrons. The second-order valence-corrected chi connectivity index (χ2v) is 5.32. The number of aromatic nitrogens is 2. The highest BCUT2D eigenvalue weighted by atomic mass is 16.3. The summed E-state index contributed by atoms with van der Waals surface area (Å²) in [5.74, 6) is 0. The first-order valence-corrected chi connectivity index (χ1v) is 7.09. The summed E-state index contributed by atoms with van der Waals surface area (Å²) in [5, 5.41) is 11.9. The zero-order valence-electron chi connectivity index (χ0n) is 11.6. The van der Waals surface area contributed by atoms with Crippen molar-refractivity contribution in [3.63, 3.8) is 0 Å². The molecular weight excluding hydrogens is 260 g/mol. The Morgan fingerprint density at radius 2 is 1.67 bits per heavy atom. The predicted molar refractivity (Wildman–Crippen MR) is 85.3 cm³/mol. The van der Waals surface area contributed by atoms with Gasteiger partial charge in [0.05, 0.1) is 6.61 Å². The minimum Gasteiger partial charge on any atom is -0.392 e. The van der Waals surface area contributed by atoms with E-state index in [4.69, 9.17) is 0 Å². The van der Waals surface area contributed by atoms with Crippen molar-refractivity contribution in [1.29, 1.82) is 0 Å². The molecule has 2 heterocycles. The number of hydrogen-bond acceptors (Lipinski definition) is 1. The van der Waals surface area contributed by atoms with Crippen LogP contribution in [-0.2, 0) is 13.2 Å². The zero-order chi connectivity index (χ0) is 14.2. The Kier molecular flexibility index (Phi) is 2.79. The molecule has 0 saturated heterocycles. The van der Waals surface area contributed by atoms with Crippen LogP contribution in [0.2, 0.25) is 0 Å². The molecule has 2 aromatic carbocycles. The molecule has 0 amide bonds. The van der Waals surface area contributed by atoms with Crippen LogP contribution in [0.5, 0.6) is 0 Å². The largest absolute Gasteiger partial charge is 0.392 e. The topological polar surface area (TPSA) is 41.0 Å². The van der Waals surface area contributed by atoms with E-state index in [1.54, 1.807) is 0 Å². The van der Waals surface area contributed by atoms with Crippen LogP contribution >= 0.6 is 0 Å². The zero-order valence-corrected chi connectivity index (χ0v) is 11.6. The lowest BCUT2D eigenvalue weighted by Gasteiger charge is -2.04. The average Bonchev–Trinajstić information content (AvgIpc) is 3.10. The Bertz CT molecular complexity index is 917. The van der Waals surface area contributed by atoms with E-state index in [2.05, 4.69) is 46.1 Å². The van der Waals surface area contributed by atoms with Gasteiger partial charge in [-0.3, -0.25) is 0 Å². The third-order valence-electron chi connectivity index (χ3n) is 4.06. The summed E-state index contributed by atoms with van der Waals surface area (Å²) >= 11 is 0. The minimum absolute atomic E-state index is 0.0708. The Hall–Kier alpha value is -2.52. The number of aliphatic hydroxyl groups excluding tert-OH is 1. The molecule has 0 aliphatic heterocycles. The molecule has 2 N–H and O–H groups in total. The van der Waals surface area contributed by atoms with Crippen molar-refractivity contribution >= 4 is 21.8 Å². The van der Waals surface area contributed by atoms with Crippen LogP contribution in [0.25, 0.3) is 21.8 Å². The SMILES string of the molecule is OCc1cn(Cc2c[nH]c3ccccc23)c2ccccc12. The number of rotatable bonds is 3. The molecule has 0 saturated carbocycles. The lowest BCUT2D eigenvalue weighted by Crippen LogP contribution is -1.96. The summed E-state index contributed by atoms with van der Waals surface area (Å²) in [7, 11) is 0. The van der Waals surface area contributed by atoms with E-state index in [0.717, 1.165) is 28.5 Å². The number of hydrogen-bond donors (Lipinski definition) is 2. The molecule has 0 atom stereocenters. The minimum atomic E-state index is 0.0708. The van der Waals surface area contributed by atoms with Gasteiger partial charge in [0.1, 0.15) is 0 Å². The average molecular weight is 276 g/mol. The molecule has 3 heteroatoms. The van der Waals surface area contributed by atoms with Gasteiger partial charge >= 0.3 is 0 Å². The van der Waals surface area contributed by atoms with Gasteiger partial charge in [-0.15, -0.1) is 0 Å². The molecule has 0 fully saturated rings. The molecule has 0 bridgehead atoms. The fourth-order valence-electron chi connectivity index (χ4n) is 3.03. The van der Waals surface area contributed by atoms with E-state index in [1.165, 1.54) is 10.9 Å². The van der Waals surface area contributed by atoms with Crippen molar-refractivity contribution in [2.75, 3.05) is 0 Å². The third-order valence-corrected chi connectivity index (χ3v) is 4.06. The van der Waals surface area contributed by atoms with Crippen molar-refractivity contribution < 1.29 is 5.11 Å². The van der Waals surface area contributed by atoms with E-state index < -0.39 is 0 Å². The number of aliphatic hydroxyl groups is 1. The summed E-state index contributed by atoms with van der Waals surface area (Å²) in [5.41, 5.74) is 4.56. The second kappa shape index (κ2) is 4.79. The van der Waals surface area contributed by atoms with Crippen molar-refractivity contribution in [3.05, 3.63) is 72.1 Å². The van der Waals surface area contributed by atoms with E-state index in [9.17, 15) is 5.11 Å². The summed E-state index contributed by atoms with van der Waals surface area (Å²) in [6, 6.07) is 16.5. The maximum atomic E-state index is 9.53. The highest BCUT2D eigenvalue weighted by Gasteiger charge is 2.09. The quantitative estimate of drug-likeness (QED) is 0.589. The fourth-order valence-corrected chi connectivity index (χ4v) is 3.03. The maximum absolute atomic E-state index is 9.53.